The average Bonchev–Trinajstić information content (AvgIpc) is 3.01. The number of para-hydroxylation sites is 1. The van der Waals surface area contributed by atoms with Crippen LogP contribution in [0.5, 0.6) is 0 Å². The van der Waals surface area contributed by atoms with Gasteiger partial charge in [0.15, 0.2) is 0 Å². The fourth-order valence-corrected chi connectivity index (χ4v) is 3.83. The van der Waals surface area contributed by atoms with Crippen LogP contribution in [0.1, 0.15) is 5.56 Å². The number of rotatable bonds is 1. The SMILES string of the molecule is Cc1cccc2cc(-c3ccccc3)c3c4ccccc4[nH]c3c12. The minimum absolute atomic E-state index is 1.19. The van der Waals surface area contributed by atoms with Gasteiger partial charge >= 0.3 is 0 Å². The third-order valence-electron chi connectivity index (χ3n) is 4.92. The molecule has 1 heterocycles. The first-order valence-corrected chi connectivity index (χ1v) is 8.31. The molecule has 0 aliphatic rings. The zero-order valence-electron chi connectivity index (χ0n) is 13.5. The van der Waals surface area contributed by atoms with Gasteiger partial charge in [-0.05, 0) is 41.1 Å². The molecule has 0 bridgehead atoms. The lowest BCUT2D eigenvalue weighted by Gasteiger charge is -2.10. The second-order valence-corrected chi connectivity index (χ2v) is 6.38. The Kier molecular flexibility index (Phi) is 2.77. The van der Waals surface area contributed by atoms with Gasteiger partial charge in [0.1, 0.15) is 0 Å². The third-order valence-corrected chi connectivity index (χ3v) is 4.92. The first kappa shape index (κ1) is 13.4. The monoisotopic (exact) mass is 307 g/mol. The van der Waals surface area contributed by atoms with Crippen LogP contribution in [-0.2, 0) is 0 Å². The van der Waals surface area contributed by atoms with Crippen molar-refractivity contribution in [2.24, 2.45) is 0 Å². The molecule has 0 saturated carbocycles. The summed E-state index contributed by atoms with van der Waals surface area (Å²) >= 11 is 0. The van der Waals surface area contributed by atoms with Crippen molar-refractivity contribution < 1.29 is 0 Å². The van der Waals surface area contributed by atoms with Crippen LogP contribution in [0.4, 0.5) is 0 Å². The molecular weight excluding hydrogens is 290 g/mol. The van der Waals surface area contributed by atoms with E-state index in [9.17, 15) is 0 Å². The Balaban J connectivity index is 2.08. The van der Waals surface area contributed by atoms with E-state index in [-0.39, 0.29) is 0 Å². The van der Waals surface area contributed by atoms with Gasteiger partial charge in [0.05, 0.1) is 5.52 Å². The summed E-state index contributed by atoms with van der Waals surface area (Å²) in [5.41, 5.74) is 6.30. The van der Waals surface area contributed by atoms with Crippen molar-refractivity contribution in [3.05, 3.63) is 84.4 Å². The number of aromatic nitrogens is 1. The molecule has 5 aromatic rings. The van der Waals surface area contributed by atoms with E-state index in [0.717, 1.165) is 0 Å². The Morgan fingerprint density at radius 3 is 2.38 bits per heavy atom. The molecule has 0 spiro atoms. The highest BCUT2D eigenvalue weighted by atomic mass is 14.7. The summed E-state index contributed by atoms with van der Waals surface area (Å²) in [5.74, 6) is 0. The lowest BCUT2D eigenvalue weighted by molar-refractivity contribution is 1.51. The molecule has 0 aliphatic heterocycles. The molecule has 5 rings (SSSR count). The van der Waals surface area contributed by atoms with Crippen molar-refractivity contribution in [1.29, 1.82) is 0 Å². The zero-order valence-corrected chi connectivity index (χ0v) is 13.5. The van der Waals surface area contributed by atoms with Crippen LogP contribution in [0.15, 0.2) is 78.9 Å². The topological polar surface area (TPSA) is 15.8 Å². The maximum absolute atomic E-state index is 3.67. The van der Waals surface area contributed by atoms with E-state index in [4.69, 9.17) is 0 Å². The average molecular weight is 307 g/mol. The van der Waals surface area contributed by atoms with Gasteiger partial charge in [-0.3, -0.25) is 0 Å². The maximum atomic E-state index is 3.67. The lowest BCUT2D eigenvalue weighted by Crippen LogP contribution is -1.85. The van der Waals surface area contributed by atoms with Crippen molar-refractivity contribution in [3.8, 4) is 11.1 Å². The molecule has 0 amide bonds. The Labute approximate surface area is 140 Å². The first-order valence-electron chi connectivity index (χ1n) is 8.31. The number of aromatic amines is 1. The van der Waals surface area contributed by atoms with Crippen molar-refractivity contribution in [2.75, 3.05) is 0 Å². The molecule has 114 valence electrons. The Hall–Kier alpha value is -3.06. The minimum Gasteiger partial charge on any atom is -0.354 e. The smallest absolute Gasteiger partial charge is 0.0553 e. The van der Waals surface area contributed by atoms with Crippen LogP contribution in [0.3, 0.4) is 0 Å². The second-order valence-electron chi connectivity index (χ2n) is 6.38. The van der Waals surface area contributed by atoms with Crippen molar-refractivity contribution >= 4 is 32.6 Å². The number of hydrogen-bond donors (Lipinski definition) is 1. The number of fused-ring (bicyclic) bond motifs is 5. The largest absolute Gasteiger partial charge is 0.354 e. The van der Waals surface area contributed by atoms with Crippen LogP contribution in [0.2, 0.25) is 0 Å². The minimum atomic E-state index is 1.19. The van der Waals surface area contributed by atoms with E-state index < -0.39 is 0 Å². The highest BCUT2D eigenvalue weighted by Gasteiger charge is 2.14. The highest BCUT2D eigenvalue weighted by molar-refractivity contribution is 6.23. The molecular formula is C23H17N. The maximum Gasteiger partial charge on any atom is 0.0553 e. The predicted molar refractivity (Wildman–Crippen MR) is 103 cm³/mol. The molecule has 1 N–H and O–H groups in total. The molecule has 0 unspecified atom stereocenters. The van der Waals surface area contributed by atoms with Crippen LogP contribution < -0.4 is 0 Å². The van der Waals surface area contributed by atoms with E-state index in [1.807, 2.05) is 0 Å². The molecule has 1 heteroatoms. The lowest BCUT2D eigenvalue weighted by atomic mass is 9.94. The molecule has 0 atom stereocenters. The van der Waals surface area contributed by atoms with Crippen LogP contribution >= 0.6 is 0 Å². The number of aryl methyl sites for hydroxylation is 1. The van der Waals surface area contributed by atoms with E-state index in [0.29, 0.717) is 0 Å². The molecule has 0 aliphatic carbocycles. The van der Waals surface area contributed by atoms with Crippen LogP contribution in [-0.4, -0.2) is 4.98 Å². The molecule has 1 aromatic heterocycles. The van der Waals surface area contributed by atoms with Crippen molar-refractivity contribution in [1.82, 2.24) is 4.98 Å². The van der Waals surface area contributed by atoms with Gasteiger partial charge < -0.3 is 4.98 Å². The number of H-pyrrole nitrogens is 1. The van der Waals surface area contributed by atoms with Gasteiger partial charge in [0.2, 0.25) is 0 Å². The fourth-order valence-electron chi connectivity index (χ4n) is 3.83. The van der Waals surface area contributed by atoms with Gasteiger partial charge in [-0.1, -0.05) is 66.7 Å². The van der Waals surface area contributed by atoms with Crippen molar-refractivity contribution in [3.63, 3.8) is 0 Å². The van der Waals surface area contributed by atoms with Gasteiger partial charge in [-0.25, -0.2) is 0 Å². The molecule has 1 nitrogen and oxygen atoms in total. The predicted octanol–water partition coefficient (Wildman–Crippen LogP) is 6.45. The molecule has 0 radical (unpaired) electrons. The summed E-state index contributed by atoms with van der Waals surface area (Å²) < 4.78 is 0. The van der Waals surface area contributed by atoms with Crippen LogP contribution in [0, 0.1) is 6.92 Å². The van der Waals surface area contributed by atoms with E-state index >= 15 is 0 Å². The molecule has 24 heavy (non-hydrogen) atoms. The fraction of sp³-hybridized carbons (Fsp3) is 0.0435. The van der Waals surface area contributed by atoms with E-state index in [2.05, 4.69) is 90.8 Å². The standard InChI is InChI=1S/C23H17N/c1-15-8-7-11-17-14-19(16-9-3-2-4-10-16)22-18-12-5-6-13-20(18)24-23(22)21(15)17/h2-14,24H,1H3. The summed E-state index contributed by atoms with van der Waals surface area (Å²) in [6.07, 6.45) is 0. The number of hydrogen-bond acceptors (Lipinski definition) is 0. The summed E-state index contributed by atoms with van der Waals surface area (Å²) in [4.78, 5) is 3.67. The summed E-state index contributed by atoms with van der Waals surface area (Å²) in [5, 5.41) is 5.21. The summed E-state index contributed by atoms with van der Waals surface area (Å²) in [7, 11) is 0. The highest BCUT2D eigenvalue weighted by Crippen LogP contribution is 2.39. The van der Waals surface area contributed by atoms with Gasteiger partial charge in [0.25, 0.3) is 0 Å². The van der Waals surface area contributed by atoms with E-state index in [1.54, 1.807) is 0 Å². The second kappa shape index (κ2) is 4.97. The molecule has 0 fully saturated rings. The summed E-state index contributed by atoms with van der Waals surface area (Å²) in [6.45, 7) is 2.19. The zero-order chi connectivity index (χ0) is 16.1. The van der Waals surface area contributed by atoms with E-state index in [1.165, 1.54) is 49.3 Å². The van der Waals surface area contributed by atoms with Gasteiger partial charge in [-0.15, -0.1) is 0 Å². The number of nitrogens with one attached hydrogen (secondary N) is 1. The van der Waals surface area contributed by atoms with Crippen molar-refractivity contribution in [2.45, 2.75) is 6.92 Å². The Morgan fingerprint density at radius 1 is 0.708 bits per heavy atom. The van der Waals surface area contributed by atoms with Gasteiger partial charge in [-0.2, -0.15) is 0 Å². The normalized spacial score (nSPS) is 11.5. The first-order chi connectivity index (χ1) is 11.8. The third kappa shape index (κ3) is 1.82. The molecule has 4 aromatic carbocycles. The number of benzene rings is 4. The van der Waals surface area contributed by atoms with Gasteiger partial charge in [0, 0.05) is 21.7 Å². The quantitative estimate of drug-likeness (QED) is 0.366. The van der Waals surface area contributed by atoms with Crippen LogP contribution in [0.25, 0.3) is 43.7 Å². The Morgan fingerprint density at radius 2 is 1.50 bits per heavy atom. The Bertz CT molecular complexity index is 1200. The molecule has 0 saturated heterocycles. The summed E-state index contributed by atoms with van der Waals surface area (Å²) in [6, 6.07) is 28.1.